The molecule has 1 heterocycles. The van der Waals surface area contributed by atoms with Crippen molar-refractivity contribution in [1.29, 1.82) is 0 Å². The molecular formula is C15H16N2O3. The van der Waals surface area contributed by atoms with Crippen molar-refractivity contribution in [3.63, 3.8) is 0 Å². The van der Waals surface area contributed by atoms with Crippen LogP contribution in [0.25, 0.3) is 0 Å². The van der Waals surface area contributed by atoms with Gasteiger partial charge in [-0.2, -0.15) is 0 Å². The molecule has 0 saturated heterocycles. The summed E-state index contributed by atoms with van der Waals surface area (Å²) in [5.41, 5.74) is 0.464. The molecule has 0 fully saturated rings. The van der Waals surface area contributed by atoms with Crippen LogP contribution in [0.4, 0.5) is 5.82 Å². The Balaban J connectivity index is 2.08. The van der Waals surface area contributed by atoms with Crippen LogP contribution in [0.3, 0.4) is 0 Å². The second-order valence-electron chi connectivity index (χ2n) is 4.52. The Hall–Kier alpha value is -2.56. The maximum Gasteiger partial charge on any atom is 0.256 e. The molecule has 104 valence electrons. The molecule has 1 aromatic carbocycles. The van der Waals surface area contributed by atoms with Crippen molar-refractivity contribution in [3.8, 4) is 11.5 Å². The topological polar surface area (TPSA) is 71.5 Å². The lowest BCUT2D eigenvalue weighted by atomic mass is 10.2. The van der Waals surface area contributed by atoms with Gasteiger partial charge < -0.3 is 15.2 Å². The number of carbonyl (C=O) groups is 1. The summed E-state index contributed by atoms with van der Waals surface area (Å²) in [6.07, 6.45) is 1.58. The van der Waals surface area contributed by atoms with E-state index < -0.39 is 0 Å². The molecule has 2 rings (SSSR count). The van der Waals surface area contributed by atoms with Crippen LogP contribution < -0.4 is 10.1 Å². The molecule has 2 N–H and O–H groups in total. The normalized spacial score (nSPS) is 10.3. The van der Waals surface area contributed by atoms with E-state index in [0.29, 0.717) is 11.3 Å². The standard InChI is InChI=1S/C15H16N2O3/c1-10(2)20-12-7-5-11(6-8-12)15(19)17-14-13(18)4-3-9-16-14/h3-10,18H,1-2H3,(H,16,17,19). The van der Waals surface area contributed by atoms with Gasteiger partial charge in [0.05, 0.1) is 6.10 Å². The number of pyridine rings is 1. The number of nitrogens with one attached hydrogen (secondary N) is 1. The lowest BCUT2D eigenvalue weighted by molar-refractivity contribution is 0.102. The van der Waals surface area contributed by atoms with Crippen molar-refractivity contribution in [1.82, 2.24) is 4.98 Å². The van der Waals surface area contributed by atoms with Gasteiger partial charge in [-0.25, -0.2) is 4.98 Å². The maximum absolute atomic E-state index is 12.0. The summed E-state index contributed by atoms with van der Waals surface area (Å²) in [5.74, 6) is 0.438. The van der Waals surface area contributed by atoms with Crippen molar-refractivity contribution >= 4 is 11.7 Å². The Morgan fingerprint density at radius 3 is 2.55 bits per heavy atom. The Kier molecular flexibility index (Phi) is 4.20. The molecule has 0 aliphatic heterocycles. The number of carbonyl (C=O) groups excluding carboxylic acids is 1. The number of aromatic hydroxyl groups is 1. The number of hydrogen-bond donors (Lipinski definition) is 2. The average Bonchev–Trinajstić information content (AvgIpc) is 2.41. The van der Waals surface area contributed by atoms with Gasteiger partial charge in [0.1, 0.15) is 5.75 Å². The van der Waals surface area contributed by atoms with Gasteiger partial charge in [0.15, 0.2) is 11.6 Å². The van der Waals surface area contributed by atoms with Crippen LogP contribution >= 0.6 is 0 Å². The molecule has 1 aromatic heterocycles. The molecule has 0 atom stereocenters. The number of aromatic nitrogens is 1. The van der Waals surface area contributed by atoms with E-state index in [-0.39, 0.29) is 23.6 Å². The van der Waals surface area contributed by atoms with Crippen LogP contribution in [0.2, 0.25) is 0 Å². The lowest BCUT2D eigenvalue weighted by Gasteiger charge is -2.10. The summed E-state index contributed by atoms with van der Waals surface area (Å²) in [5, 5.41) is 12.1. The molecule has 0 aliphatic carbocycles. The predicted octanol–water partition coefficient (Wildman–Crippen LogP) is 2.83. The second-order valence-corrected chi connectivity index (χ2v) is 4.52. The van der Waals surface area contributed by atoms with E-state index in [9.17, 15) is 9.90 Å². The van der Waals surface area contributed by atoms with Crippen LogP contribution in [-0.2, 0) is 0 Å². The molecule has 5 heteroatoms. The Morgan fingerprint density at radius 1 is 1.25 bits per heavy atom. The SMILES string of the molecule is CC(C)Oc1ccc(C(=O)Nc2ncccc2O)cc1. The van der Waals surface area contributed by atoms with E-state index >= 15 is 0 Å². The van der Waals surface area contributed by atoms with Gasteiger partial charge in [-0.1, -0.05) is 0 Å². The van der Waals surface area contributed by atoms with Gasteiger partial charge in [0.25, 0.3) is 5.91 Å². The first-order valence-electron chi connectivity index (χ1n) is 6.28. The zero-order valence-corrected chi connectivity index (χ0v) is 11.3. The van der Waals surface area contributed by atoms with Crippen molar-refractivity contribution in [2.24, 2.45) is 0 Å². The smallest absolute Gasteiger partial charge is 0.256 e. The number of anilines is 1. The summed E-state index contributed by atoms with van der Waals surface area (Å²) in [7, 11) is 0. The molecule has 0 bridgehead atoms. The van der Waals surface area contributed by atoms with Crippen molar-refractivity contribution < 1.29 is 14.6 Å². The molecule has 0 unspecified atom stereocenters. The quantitative estimate of drug-likeness (QED) is 0.897. The summed E-state index contributed by atoms with van der Waals surface area (Å²) < 4.78 is 5.50. The fourth-order valence-corrected chi connectivity index (χ4v) is 1.63. The minimum atomic E-state index is -0.338. The zero-order chi connectivity index (χ0) is 14.5. The third-order valence-corrected chi connectivity index (χ3v) is 2.51. The minimum Gasteiger partial charge on any atom is -0.504 e. The van der Waals surface area contributed by atoms with E-state index in [1.165, 1.54) is 12.3 Å². The number of ether oxygens (including phenoxy) is 1. The van der Waals surface area contributed by atoms with E-state index in [1.54, 1.807) is 30.3 Å². The highest BCUT2D eigenvalue weighted by atomic mass is 16.5. The molecule has 0 spiro atoms. The third-order valence-electron chi connectivity index (χ3n) is 2.51. The number of amides is 1. The molecule has 5 nitrogen and oxygen atoms in total. The van der Waals surface area contributed by atoms with Gasteiger partial charge in [0.2, 0.25) is 0 Å². The predicted molar refractivity (Wildman–Crippen MR) is 76.1 cm³/mol. The molecule has 0 saturated carbocycles. The first-order chi connectivity index (χ1) is 9.56. The first-order valence-corrected chi connectivity index (χ1v) is 6.28. The lowest BCUT2D eigenvalue weighted by Crippen LogP contribution is -2.13. The number of benzene rings is 1. The van der Waals surface area contributed by atoms with Crippen LogP contribution in [0.1, 0.15) is 24.2 Å². The van der Waals surface area contributed by atoms with Crippen LogP contribution in [0, 0.1) is 0 Å². The van der Waals surface area contributed by atoms with Crippen molar-refractivity contribution in [2.45, 2.75) is 20.0 Å². The number of hydrogen-bond acceptors (Lipinski definition) is 4. The summed E-state index contributed by atoms with van der Waals surface area (Å²) >= 11 is 0. The van der Waals surface area contributed by atoms with Gasteiger partial charge in [-0.05, 0) is 50.2 Å². The van der Waals surface area contributed by atoms with Gasteiger partial charge in [0, 0.05) is 11.8 Å². The average molecular weight is 272 g/mol. The van der Waals surface area contributed by atoms with Crippen LogP contribution in [-0.4, -0.2) is 22.1 Å². The van der Waals surface area contributed by atoms with Crippen molar-refractivity contribution in [2.75, 3.05) is 5.32 Å². The number of rotatable bonds is 4. The highest BCUT2D eigenvalue weighted by Gasteiger charge is 2.09. The van der Waals surface area contributed by atoms with Crippen LogP contribution in [0.5, 0.6) is 11.5 Å². The number of nitrogens with zero attached hydrogens (tertiary/aromatic N) is 1. The Labute approximate surface area is 117 Å². The minimum absolute atomic E-state index is 0.0689. The highest BCUT2D eigenvalue weighted by Crippen LogP contribution is 2.20. The van der Waals surface area contributed by atoms with Gasteiger partial charge in [-0.3, -0.25) is 4.79 Å². The highest BCUT2D eigenvalue weighted by molar-refractivity contribution is 6.04. The molecule has 0 aliphatic rings. The summed E-state index contributed by atoms with van der Waals surface area (Å²) in [6, 6.07) is 9.83. The maximum atomic E-state index is 12.0. The van der Waals surface area contributed by atoms with Crippen LogP contribution in [0.15, 0.2) is 42.6 Å². The zero-order valence-electron chi connectivity index (χ0n) is 11.3. The molecular weight excluding hydrogens is 256 g/mol. The van der Waals surface area contributed by atoms with E-state index in [2.05, 4.69) is 10.3 Å². The second kappa shape index (κ2) is 6.06. The Morgan fingerprint density at radius 2 is 1.95 bits per heavy atom. The fraction of sp³-hybridized carbons (Fsp3) is 0.200. The van der Waals surface area contributed by atoms with E-state index in [0.717, 1.165) is 0 Å². The largest absolute Gasteiger partial charge is 0.504 e. The van der Waals surface area contributed by atoms with E-state index in [1.807, 2.05) is 13.8 Å². The molecule has 1 amide bonds. The van der Waals surface area contributed by atoms with Gasteiger partial charge >= 0.3 is 0 Å². The summed E-state index contributed by atoms with van der Waals surface area (Å²) in [4.78, 5) is 15.9. The van der Waals surface area contributed by atoms with E-state index in [4.69, 9.17) is 4.74 Å². The van der Waals surface area contributed by atoms with Gasteiger partial charge in [-0.15, -0.1) is 0 Å². The summed E-state index contributed by atoms with van der Waals surface area (Å²) in [6.45, 7) is 3.87. The van der Waals surface area contributed by atoms with Crippen molar-refractivity contribution in [3.05, 3.63) is 48.2 Å². The Bertz CT molecular complexity index is 594. The third kappa shape index (κ3) is 3.47. The molecule has 20 heavy (non-hydrogen) atoms. The molecule has 2 aromatic rings. The molecule has 0 radical (unpaired) electrons. The first kappa shape index (κ1) is 13.9. The fourth-order valence-electron chi connectivity index (χ4n) is 1.63. The monoisotopic (exact) mass is 272 g/mol.